The van der Waals surface area contributed by atoms with Gasteiger partial charge in [-0.1, -0.05) is 6.07 Å². The van der Waals surface area contributed by atoms with E-state index in [9.17, 15) is 0 Å². The number of nitrogens with zero attached hydrogens (tertiary/aromatic N) is 6. The third kappa shape index (κ3) is 3.12. The van der Waals surface area contributed by atoms with Gasteiger partial charge >= 0.3 is 0 Å². The van der Waals surface area contributed by atoms with Crippen LogP contribution in [0.2, 0.25) is 0 Å². The van der Waals surface area contributed by atoms with Gasteiger partial charge in [0.1, 0.15) is 16.9 Å². The van der Waals surface area contributed by atoms with E-state index in [-0.39, 0.29) is 0 Å². The summed E-state index contributed by atoms with van der Waals surface area (Å²) in [6.45, 7) is 4.14. The van der Waals surface area contributed by atoms with Crippen LogP contribution in [0.1, 0.15) is 0 Å². The van der Waals surface area contributed by atoms with E-state index < -0.39 is 0 Å². The van der Waals surface area contributed by atoms with Crippen LogP contribution in [-0.2, 0) is 0 Å². The SMILES string of the molecule is CN1CCN(c2ccnc3[nH]c(-c4n[nH]c5ccc(-c6ccccn6)nc45)cc23)CC1. The second kappa shape index (κ2) is 7.17. The zero-order valence-corrected chi connectivity index (χ0v) is 17.2. The summed E-state index contributed by atoms with van der Waals surface area (Å²) in [6, 6.07) is 14.0. The van der Waals surface area contributed by atoms with Gasteiger partial charge in [0, 0.05) is 49.6 Å². The number of hydrogen-bond acceptors (Lipinski definition) is 6. The Morgan fingerprint density at radius 1 is 0.903 bits per heavy atom. The molecular weight excluding hydrogens is 388 g/mol. The molecule has 0 unspecified atom stereocenters. The topological polar surface area (TPSA) is 89.6 Å². The van der Waals surface area contributed by atoms with E-state index in [1.165, 1.54) is 5.69 Å². The molecule has 0 radical (unpaired) electrons. The lowest BCUT2D eigenvalue weighted by atomic mass is 10.2. The Bertz CT molecular complexity index is 1360. The van der Waals surface area contributed by atoms with Gasteiger partial charge in [0.2, 0.25) is 0 Å². The number of aromatic nitrogens is 6. The predicted molar refractivity (Wildman–Crippen MR) is 122 cm³/mol. The van der Waals surface area contributed by atoms with Gasteiger partial charge in [-0.2, -0.15) is 5.10 Å². The van der Waals surface area contributed by atoms with Gasteiger partial charge in [-0.05, 0) is 43.4 Å². The fourth-order valence-corrected chi connectivity index (χ4v) is 4.21. The van der Waals surface area contributed by atoms with Gasteiger partial charge in [0.25, 0.3) is 0 Å². The first-order chi connectivity index (χ1) is 15.3. The fourth-order valence-electron chi connectivity index (χ4n) is 4.21. The number of likely N-dealkylation sites (N-methyl/N-ethyl adjacent to an activating group) is 1. The average molecular weight is 410 g/mol. The van der Waals surface area contributed by atoms with Crippen molar-refractivity contribution in [2.75, 3.05) is 38.1 Å². The molecule has 5 aromatic heterocycles. The maximum Gasteiger partial charge on any atom is 0.139 e. The maximum absolute atomic E-state index is 4.86. The highest BCUT2D eigenvalue weighted by Crippen LogP contribution is 2.32. The third-order valence-corrected chi connectivity index (χ3v) is 5.94. The van der Waals surface area contributed by atoms with Crippen LogP contribution in [0, 0.1) is 0 Å². The quantitative estimate of drug-likeness (QED) is 0.474. The highest BCUT2D eigenvalue weighted by Gasteiger charge is 2.19. The molecule has 1 aliphatic heterocycles. The van der Waals surface area contributed by atoms with E-state index in [4.69, 9.17) is 4.98 Å². The molecular formula is C23H22N8. The molecule has 0 saturated carbocycles. The van der Waals surface area contributed by atoms with Gasteiger partial charge in [0.15, 0.2) is 0 Å². The molecule has 0 aromatic carbocycles. The molecule has 0 amide bonds. The number of nitrogens with one attached hydrogen (secondary N) is 2. The molecule has 6 rings (SSSR count). The van der Waals surface area contributed by atoms with E-state index in [1.54, 1.807) is 6.20 Å². The summed E-state index contributed by atoms with van der Waals surface area (Å²) in [6.07, 6.45) is 3.65. The smallest absolute Gasteiger partial charge is 0.139 e. The lowest BCUT2D eigenvalue weighted by Crippen LogP contribution is -2.44. The van der Waals surface area contributed by atoms with Gasteiger partial charge < -0.3 is 14.8 Å². The van der Waals surface area contributed by atoms with Crippen molar-refractivity contribution in [1.29, 1.82) is 0 Å². The zero-order chi connectivity index (χ0) is 20.8. The number of hydrogen-bond donors (Lipinski definition) is 2. The maximum atomic E-state index is 4.86. The Hall–Kier alpha value is -3.78. The summed E-state index contributed by atoms with van der Waals surface area (Å²) in [5.74, 6) is 0. The van der Waals surface area contributed by atoms with Crippen molar-refractivity contribution < 1.29 is 0 Å². The minimum atomic E-state index is 0.787. The Balaban J connectivity index is 1.44. The van der Waals surface area contributed by atoms with Gasteiger partial charge in [0.05, 0.1) is 22.6 Å². The van der Waals surface area contributed by atoms with Crippen molar-refractivity contribution >= 4 is 27.8 Å². The summed E-state index contributed by atoms with van der Waals surface area (Å²) in [7, 11) is 2.17. The Morgan fingerprint density at radius 2 is 1.81 bits per heavy atom. The molecule has 0 spiro atoms. The first kappa shape index (κ1) is 18.0. The molecule has 6 heterocycles. The van der Waals surface area contributed by atoms with Gasteiger partial charge in [-0.15, -0.1) is 0 Å². The number of aromatic amines is 2. The second-order valence-corrected chi connectivity index (χ2v) is 7.95. The van der Waals surface area contributed by atoms with Gasteiger partial charge in [-0.3, -0.25) is 10.1 Å². The average Bonchev–Trinajstić information content (AvgIpc) is 3.43. The molecule has 8 nitrogen and oxygen atoms in total. The molecule has 8 heteroatoms. The fraction of sp³-hybridized carbons (Fsp3) is 0.217. The van der Waals surface area contributed by atoms with Crippen LogP contribution in [0.15, 0.2) is 54.9 Å². The van der Waals surface area contributed by atoms with Crippen LogP contribution in [0.25, 0.3) is 44.8 Å². The first-order valence-corrected chi connectivity index (χ1v) is 10.4. The molecule has 1 fully saturated rings. The summed E-state index contributed by atoms with van der Waals surface area (Å²) >= 11 is 0. The third-order valence-electron chi connectivity index (χ3n) is 5.94. The number of rotatable bonds is 3. The van der Waals surface area contributed by atoms with E-state index in [0.29, 0.717) is 0 Å². The second-order valence-electron chi connectivity index (χ2n) is 7.95. The summed E-state index contributed by atoms with van der Waals surface area (Å²) in [5.41, 5.74) is 7.13. The monoisotopic (exact) mass is 410 g/mol. The van der Waals surface area contributed by atoms with Crippen LogP contribution in [0.4, 0.5) is 5.69 Å². The normalized spacial score (nSPS) is 15.2. The Kier molecular flexibility index (Phi) is 4.17. The highest BCUT2D eigenvalue weighted by molar-refractivity contribution is 5.97. The Labute approximate surface area is 179 Å². The molecule has 2 N–H and O–H groups in total. The van der Waals surface area contributed by atoms with E-state index in [1.807, 2.05) is 36.5 Å². The van der Waals surface area contributed by atoms with E-state index in [0.717, 1.165) is 71.0 Å². The number of piperazine rings is 1. The number of fused-ring (bicyclic) bond motifs is 2. The van der Waals surface area contributed by atoms with Crippen LogP contribution in [-0.4, -0.2) is 68.3 Å². The summed E-state index contributed by atoms with van der Waals surface area (Å²) in [5, 5.41) is 8.77. The van der Waals surface area contributed by atoms with E-state index in [2.05, 4.69) is 54.1 Å². The molecule has 0 atom stereocenters. The lowest BCUT2D eigenvalue weighted by Gasteiger charge is -2.34. The molecule has 154 valence electrons. The minimum absolute atomic E-state index is 0.787. The van der Waals surface area contributed by atoms with E-state index >= 15 is 0 Å². The summed E-state index contributed by atoms with van der Waals surface area (Å²) in [4.78, 5) is 22.1. The molecule has 1 saturated heterocycles. The van der Waals surface area contributed by atoms with Crippen molar-refractivity contribution in [3.05, 3.63) is 54.9 Å². The standard InChI is InChI=1S/C23H22N8/c1-30-10-12-31(13-11-30)20-7-9-25-23-15(20)14-19(27-23)22-21-18(28-29-22)6-5-17(26-21)16-4-2-3-8-24-16/h2-9,14H,10-13H2,1H3,(H,25,27)(H,28,29). The van der Waals surface area contributed by atoms with Crippen LogP contribution >= 0.6 is 0 Å². The first-order valence-electron chi connectivity index (χ1n) is 10.4. The van der Waals surface area contributed by atoms with Crippen LogP contribution < -0.4 is 4.90 Å². The number of pyridine rings is 3. The van der Waals surface area contributed by atoms with Crippen LogP contribution in [0.5, 0.6) is 0 Å². The molecule has 0 aliphatic carbocycles. The zero-order valence-electron chi connectivity index (χ0n) is 17.2. The number of H-pyrrole nitrogens is 2. The lowest BCUT2D eigenvalue weighted by molar-refractivity contribution is 0.313. The summed E-state index contributed by atoms with van der Waals surface area (Å²) < 4.78 is 0. The number of anilines is 1. The van der Waals surface area contributed by atoms with Crippen LogP contribution in [0.3, 0.4) is 0 Å². The molecule has 31 heavy (non-hydrogen) atoms. The van der Waals surface area contributed by atoms with Crippen molar-refractivity contribution in [3.63, 3.8) is 0 Å². The van der Waals surface area contributed by atoms with Crippen molar-refractivity contribution in [2.24, 2.45) is 0 Å². The van der Waals surface area contributed by atoms with Crippen molar-refractivity contribution in [1.82, 2.24) is 35.0 Å². The molecule has 1 aliphatic rings. The Morgan fingerprint density at radius 3 is 2.65 bits per heavy atom. The van der Waals surface area contributed by atoms with Crippen molar-refractivity contribution in [3.8, 4) is 22.8 Å². The minimum Gasteiger partial charge on any atom is -0.368 e. The highest BCUT2D eigenvalue weighted by atomic mass is 15.2. The molecule has 0 bridgehead atoms. The predicted octanol–water partition coefficient (Wildman–Crippen LogP) is 3.32. The molecule has 5 aromatic rings. The van der Waals surface area contributed by atoms with Gasteiger partial charge in [-0.25, -0.2) is 9.97 Å². The largest absolute Gasteiger partial charge is 0.368 e. The van der Waals surface area contributed by atoms with Crippen molar-refractivity contribution in [2.45, 2.75) is 0 Å².